The second-order valence-corrected chi connectivity index (χ2v) is 4.28. The van der Waals surface area contributed by atoms with Gasteiger partial charge < -0.3 is 10.4 Å². The lowest BCUT2D eigenvalue weighted by Crippen LogP contribution is -2.32. The maximum Gasteiger partial charge on any atom is 0.416 e. The van der Waals surface area contributed by atoms with Crippen LogP contribution in [0.15, 0.2) is 24.3 Å². The van der Waals surface area contributed by atoms with E-state index < -0.39 is 17.3 Å². The molecule has 1 atom stereocenters. The number of benzene rings is 1. The number of rotatable bonds is 4. The fourth-order valence-electron chi connectivity index (χ4n) is 1.22. The Kier molecular flexibility index (Phi) is 4.03. The SMILES string of the molecule is CCC(C)(O)CNc1cccc(C(F)(F)F)c1. The first-order valence-corrected chi connectivity index (χ1v) is 5.38. The zero-order chi connectivity index (χ0) is 13.1. The molecule has 0 aliphatic rings. The van der Waals surface area contributed by atoms with Gasteiger partial charge in [0.2, 0.25) is 0 Å². The summed E-state index contributed by atoms with van der Waals surface area (Å²) in [5.74, 6) is 0. The number of hydrogen-bond acceptors (Lipinski definition) is 2. The molecule has 2 nitrogen and oxygen atoms in total. The first-order valence-electron chi connectivity index (χ1n) is 5.38. The van der Waals surface area contributed by atoms with Crippen LogP contribution in [0.2, 0.25) is 0 Å². The van der Waals surface area contributed by atoms with Gasteiger partial charge in [0.05, 0.1) is 11.2 Å². The van der Waals surface area contributed by atoms with Crippen LogP contribution in [-0.2, 0) is 6.18 Å². The van der Waals surface area contributed by atoms with Crippen LogP contribution in [0.5, 0.6) is 0 Å². The summed E-state index contributed by atoms with van der Waals surface area (Å²) in [5.41, 5.74) is -1.26. The Morgan fingerprint density at radius 2 is 1.94 bits per heavy atom. The number of anilines is 1. The van der Waals surface area contributed by atoms with E-state index in [1.54, 1.807) is 13.0 Å². The molecule has 5 heteroatoms. The predicted molar refractivity (Wildman–Crippen MR) is 60.8 cm³/mol. The van der Waals surface area contributed by atoms with E-state index in [2.05, 4.69) is 5.32 Å². The molecule has 17 heavy (non-hydrogen) atoms. The minimum atomic E-state index is -4.34. The third kappa shape index (κ3) is 4.26. The Morgan fingerprint density at radius 3 is 2.47 bits per heavy atom. The molecule has 0 aromatic heterocycles. The number of hydrogen-bond donors (Lipinski definition) is 2. The van der Waals surface area contributed by atoms with Crippen LogP contribution in [0.4, 0.5) is 18.9 Å². The third-order valence-electron chi connectivity index (χ3n) is 2.62. The summed E-state index contributed by atoms with van der Waals surface area (Å²) >= 11 is 0. The molecule has 0 fully saturated rings. The second kappa shape index (κ2) is 4.96. The van der Waals surface area contributed by atoms with Crippen LogP contribution in [0, 0.1) is 0 Å². The monoisotopic (exact) mass is 247 g/mol. The molecule has 0 spiro atoms. The minimum absolute atomic E-state index is 0.213. The van der Waals surface area contributed by atoms with Crippen LogP contribution in [0.25, 0.3) is 0 Å². The molecule has 2 N–H and O–H groups in total. The van der Waals surface area contributed by atoms with Crippen molar-refractivity contribution in [3.8, 4) is 0 Å². The summed E-state index contributed by atoms with van der Waals surface area (Å²) in [7, 11) is 0. The van der Waals surface area contributed by atoms with E-state index >= 15 is 0 Å². The molecular weight excluding hydrogens is 231 g/mol. The van der Waals surface area contributed by atoms with Crippen molar-refractivity contribution in [2.45, 2.75) is 32.0 Å². The number of halogens is 3. The predicted octanol–water partition coefficient (Wildman–Crippen LogP) is 3.28. The van der Waals surface area contributed by atoms with Crippen molar-refractivity contribution in [2.24, 2.45) is 0 Å². The summed E-state index contributed by atoms with van der Waals surface area (Å²) in [6.07, 6.45) is -3.82. The smallest absolute Gasteiger partial charge is 0.388 e. The standard InChI is InChI=1S/C12H16F3NO/c1-3-11(2,17)8-16-10-6-4-5-9(7-10)12(13,14)15/h4-7,16-17H,3,8H2,1-2H3. The van der Waals surface area contributed by atoms with Crippen LogP contribution in [0.1, 0.15) is 25.8 Å². The highest BCUT2D eigenvalue weighted by atomic mass is 19.4. The molecule has 1 unspecified atom stereocenters. The molecule has 0 heterocycles. The summed E-state index contributed by atoms with van der Waals surface area (Å²) in [6, 6.07) is 4.93. The number of aliphatic hydroxyl groups is 1. The van der Waals surface area contributed by atoms with E-state index in [-0.39, 0.29) is 6.54 Å². The minimum Gasteiger partial charge on any atom is -0.388 e. The van der Waals surface area contributed by atoms with Crippen LogP contribution in [-0.4, -0.2) is 17.3 Å². The molecule has 0 saturated heterocycles. The maximum absolute atomic E-state index is 12.4. The summed E-state index contributed by atoms with van der Waals surface area (Å²) in [4.78, 5) is 0. The normalized spacial score (nSPS) is 15.4. The van der Waals surface area contributed by atoms with Gasteiger partial charge in [0.15, 0.2) is 0 Å². The van der Waals surface area contributed by atoms with Gasteiger partial charge in [-0.05, 0) is 31.5 Å². The quantitative estimate of drug-likeness (QED) is 0.855. The van der Waals surface area contributed by atoms with Gasteiger partial charge in [-0.1, -0.05) is 13.0 Å². The average molecular weight is 247 g/mol. The van der Waals surface area contributed by atoms with Gasteiger partial charge >= 0.3 is 6.18 Å². The van der Waals surface area contributed by atoms with Crippen LogP contribution >= 0.6 is 0 Å². The zero-order valence-electron chi connectivity index (χ0n) is 9.80. The molecule has 0 bridgehead atoms. The first-order chi connectivity index (χ1) is 7.74. The second-order valence-electron chi connectivity index (χ2n) is 4.28. The van der Waals surface area contributed by atoms with Gasteiger partial charge in [0.1, 0.15) is 0 Å². The molecule has 1 aromatic rings. The van der Waals surface area contributed by atoms with Gasteiger partial charge in [-0.2, -0.15) is 13.2 Å². The molecular formula is C12H16F3NO. The van der Waals surface area contributed by atoms with Crippen molar-refractivity contribution in [2.75, 3.05) is 11.9 Å². The van der Waals surface area contributed by atoms with Crippen molar-refractivity contribution in [1.82, 2.24) is 0 Å². The largest absolute Gasteiger partial charge is 0.416 e. The summed E-state index contributed by atoms with van der Waals surface area (Å²) < 4.78 is 37.3. The molecule has 1 rings (SSSR count). The van der Waals surface area contributed by atoms with E-state index in [1.165, 1.54) is 6.07 Å². The van der Waals surface area contributed by atoms with E-state index in [4.69, 9.17) is 0 Å². The van der Waals surface area contributed by atoms with Gasteiger partial charge in [-0.3, -0.25) is 0 Å². The fourth-order valence-corrected chi connectivity index (χ4v) is 1.22. The Labute approximate surface area is 98.5 Å². The summed E-state index contributed by atoms with van der Waals surface area (Å²) in [6.45, 7) is 3.66. The third-order valence-corrected chi connectivity index (χ3v) is 2.62. The Bertz CT molecular complexity index is 374. The molecule has 0 amide bonds. The van der Waals surface area contributed by atoms with E-state index in [0.717, 1.165) is 12.1 Å². The lowest BCUT2D eigenvalue weighted by Gasteiger charge is -2.22. The van der Waals surface area contributed by atoms with E-state index in [1.807, 2.05) is 6.92 Å². The van der Waals surface area contributed by atoms with Crippen LogP contribution in [0.3, 0.4) is 0 Å². The van der Waals surface area contributed by atoms with Crippen molar-refractivity contribution in [3.05, 3.63) is 29.8 Å². The molecule has 0 aliphatic carbocycles. The highest BCUT2D eigenvalue weighted by Crippen LogP contribution is 2.30. The number of nitrogens with one attached hydrogen (secondary N) is 1. The fraction of sp³-hybridized carbons (Fsp3) is 0.500. The summed E-state index contributed by atoms with van der Waals surface area (Å²) in [5, 5.41) is 12.5. The van der Waals surface area contributed by atoms with Crippen molar-refractivity contribution >= 4 is 5.69 Å². The number of alkyl halides is 3. The van der Waals surface area contributed by atoms with Crippen molar-refractivity contribution in [3.63, 3.8) is 0 Å². The van der Waals surface area contributed by atoms with Gasteiger partial charge in [-0.25, -0.2) is 0 Å². The Morgan fingerprint density at radius 1 is 1.29 bits per heavy atom. The van der Waals surface area contributed by atoms with Crippen molar-refractivity contribution < 1.29 is 18.3 Å². The zero-order valence-corrected chi connectivity index (χ0v) is 9.80. The lowest BCUT2D eigenvalue weighted by molar-refractivity contribution is -0.137. The van der Waals surface area contributed by atoms with Gasteiger partial charge in [-0.15, -0.1) is 0 Å². The highest BCUT2D eigenvalue weighted by molar-refractivity contribution is 5.46. The van der Waals surface area contributed by atoms with Gasteiger partial charge in [0.25, 0.3) is 0 Å². The molecule has 96 valence electrons. The molecule has 1 aromatic carbocycles. The van der Waals surface area contributed by atoms with Crippen molar-refractivity contribution in [1.29, 1.82) is 0 Å². The van der Waals surface area contributed by atoms with Gasteiger partial charge in [0, 0.05) is 12.2 Å². The molecule has 0 aliphatic heterocycles. The highest BCUT2D eigenvalue weighted by Gasteiger charge is 2.30. The molecule has 0 saturated carbocycles. The topological polar surface area (TPSA) is 32.3 Å². The average Bonchev–Trinajstić information content (AvgIpc) is 2.26. The Hall–Kier alpha value is -1.23. The molecule has 0 radical (unpaired) electrons. The lowest BCUT2D eigenvalue weighted by atomic mass is 10.0. The van der Waals surface area contributed by atoms with Crippen LogP contribution < -0.4 is 5.32 Å². The van der Waals surface area contributed by atoms with E-state index in [0.29, 0.717) is 12.1 Å². The maximum atomic E-state index is 12.4. The van der Waals surface area contributed by atoms with E-state index in [9.17, 15) is 18.3 Å². The first kappa shape index (κ1) is 13.8. The Balaban J connectivity index is 2.74.